The summed E-state index contributed by atoms with van der Waals surface area (Å²) < 4.78 is 5.50. The number of aromatic nitrogens is 1. The number of rotatable bonds is 7. The van der Waals surface area contributed by atoms with Gasteiger partial charge in [-0.05, 0) is 33.7 Å². The number of methoxy groups -OCH3 is 1. The molecule has 1 rings (SSSR count). The second-order valence-corrected chi connectivity index (χ2v) is 5.95. The Morgan fingerprint density at radius 3 is 2.71 bits per heavy atom. The summed E-state index contributed by atoms with van der Waals surface area (Å²) in [6.07, 6.45) is 1.98. The molecule has 1 atom stereocenters. The van der Waals surface area contributed by atoms with Crippen molar-refractivity contribution >= 4 is 11.3 Å². The van der Waals surface area contributed by atoms with Crippen LogP contribution in [0.5, 0.6) is 0 Å². The van der Waals surface area contributed by atoms with E-state index in [1.54, 1.807) is 18.4 Å². The molecule has 0 aliphatic carbocycles. The van der Waals surface area contributed by atoms with Crippen LogP contribution in [0.25, 0.3) is 0 Å². The summed E-state index contributed by atoms with van der Waals surface area (Å²) in [5.74, 6) is 0. The highest BCUT2D eigenvalue weighted by molar-refractivity contribution is 7.09. The molecular weight excluding hydrogens is 232 g/mol. The lowest BCUT2D eigenvalue weighted by molar-refractivity contribution is 0.00726. The molecule has 1 aromatic heterocycles. The van der Waals surface area contributed by atoms with E-state index in [-0.39, 0.29) is 5.60 Å². The fourth-order valence-electron chi connectivity index (χ4n) is 1.89. The molecule has 1 aromatic rings. The third-order valence-electron chi connectivity index (χ3n) is 2.87. The Bertz CT molecular complexity index is 336. The van der Waals surface area contributed by atoms with Crippen LogP contribution in [0.4, 0.5) is 0 Å². The first-order chi connectivity index (χ1) is 7.96. The maximum absolute atomic E-state index is 5.50. The Kier molecular flexibility index (Phi) is 5.56. The molecule has 3 nitrogen and oxygen atoms in total. The van der Waals surface area contributed by atoms with Crippen molar-refractivity contribution in [2.24, 2.45) is 0 Å². The molecule has 1 N–H and O–H groups in total. The van der Waals surface area contributed by atoms with E-state index in [1.807, 2.05) is 6.92 Å². The summed E-state index contributed by atoms with van der Waals surface area (Å²) in [4.78, 5) is 4.53. The smallest absolute Gasteiger partial charge is 0.0943 e. The van der Waals surface area contributed by atoms with Gasteiger partial charge in [-0.3, -0.25) is 0 Å². The monoisotopic (exact) mass is 256 g/mol. The molecule has 17 heavy (non-hydrogen) atoms. The molecule has 4 heteroatoms. The van der Waals surface area contributed by atoms with Gasteiger partial charge >= 0.3 is 0 Å². The van der Waals surface area contributed by atoms with Gasteiger partial charge in [0, 0.05) is 30.6 Å². The summed E-state index contributed by atoms with van der Waals surface area (Å²) in [5.41, 5.74) is 1.03. The third-order valence-corrected chi connectivity index (χ3v) is 3.86. The third kappa shape index (κ3) is 5.15. The highest BCUT2D eigenvalue weighted by Gasteiger charge is 2.23. The lowest BCUT2D eigenvalue weighted by atomic mass is 9.97. The van der Waals surface area contributed by atoms with Crippen molar-refractivity contribution in [3.63, 3.8) is 0 Å². The summed E-state index contributed by atoms with van der Waals surface area (Å²) in [6, 6.07) is 0.431. The molecule has 0 aliphatic heterocycles. The van der Waals surface area contributed by atoms with E-state index in [9.17, 15) is 0 Å². The van der Waals surface area contributed by atoms with Crippen LogP contribution < -0.4 is 5.32 Å². The minimum absolute atomic E-state index is 0.0842. The number of nitrogens with one attached hydrogen (secondary N) is 1. The number of ether oxygens (including phenoxy) is 1. The van der Waals surface area contributed by atoms with Crippen molar-refractivity contribution in [3.05, 3.63) is 16.1 Å². The average Bonchev–Trinajstić information content (AvgIpc) is 2.64. The predicted molar refractivity (Wildman–Crippen MR) is 73.7 cm³/mol. The molecule has 0 bridgehead atoms. The summed E-state index contributed by atoms with van der Waals surface area (Å²) in [6.45, 7) is 9.42. The molecule has 0 saturated heterocycles. The van der Waals surface area contributed by atoms with Gasteiger partial charge in [-0.15, -0.1) is 11.3 Å². The predicted octanol–water partition coefficient (Wildman–Crippen LogP) is 2.79. The Balaban J connectivity index is 2.60. The number of nitrogens with zero attached hydrogens (tertiary/aromatic N) is 1. The summed E-state index contributed by atoms with van der Waals surface area (Å²) in [5, 5.41) is 6.84. The molecule has 0 spiro atoms. The normalized spacial score (nSPS) is 13.9. The zero-order valence-corrected chi connectivity index (χ0v) is 12.4. The molecule has 1 unspecified atom stereocenters. The zero-order valence-electron chi connectivity index (χ0n) is 11.5. The van der Waals surface area contributed by atoms with Crippen molar-refractivity contribution in [3.8, 4) is 0 Å². The van der Waals surface area contributed by atoms with E-state index in [1.165, 1.54) is 5.01 Å². The first kappa shape index (κ1) is 14.6. The number of thiazole rings is 1. The highest BCUT2D eigenvalue weighted by Crippen LogP contribution is 2.19. The van der Waals surface area contributed by atoms with E-state index in [0.717, 1.165) is 25.1 Å². The van der Waals surface area contributed by atoms with Crippen LogP contribution in [0.1, 0.15) is 37.9 Å². The fourth-order valence-corrected chi connectivity index (χ4v) is 2.74. The molecule has 0 radical (unpaired) electrons. The van der Waals surface area contributed by atoms with Crippen LogP contribution in [-0.4, -0.2) is 30.3 Å². The number of likely N-dealkylation sites (N-methyl/N-ethyl adjacent to an activating group) is 1. The SMILES string of the molecule is CCNC(Cc1nc(C)cs1)CC(C)(C)OC. The molecular formula is C13H24N2OS. The minimum Gasteiger partial charge on any atom is -0.379 e. The van der Waals surface area contributed by atoms with Gasteiger partial charge in [0.2, 0.25) is 0 Å². The van der Waals surface area contributed by atoms with E-state index in [4.69, 9.17) is 4.74 Å². The Morgan fingerprint density at radius 1 is 1.53 bits per heavy atom. The second-order valence-electron chi connectivity index (χ2n) is 5.01. The first-order valence-electron chi connectivity index (χ1n) is 6.16. The van der Waals surface area contributed by atoms with Crippen LogP contribution in [-0.2, 0) is 11.2 Å². The number of hydrogen-bond donors (Lipinski definition) is 1. The van der Waals surface area contributed by atoms with Crippen LogP contribution >= 0.6 is 11.3 Å². The maximum Gasteiger partial charge on any atom is 0.0943 e. The lowest BCUT2D eigenvalue weighted by Gasteiger charge is -2.28. The number of hydrogen-bond acceptors (Lipinski definition) is 4. The van der Waals surface area contributed by atoms with Gasteiger partial charge in [0.15, 0.2) is 0 Å². The zero-order chi connectivity index (χ0) is 12.9. The first-order valence-corrected chi connectivity index (χ1v) is 7.04. The highest BCUT2D eigenvalue weighted by atomic mass is 32.1. The molecule has 1 heterocycles. The molecule has 0 saturated carbocycles. The molecule has 0 amide bonds. The van der Waals surface area contributed by atoms with Crippen LogP contribution in [0.3, 0.4) is 0 Å². The molecule has 0 aliphatic rings. The van der Waals surface area contributed by atoms with Gasteiger partial charge in [-0.25, -0.2) is 4.98 Å². The Labute approximate surface area is 109 Å². The minimum atomic E-state index is -0.0842. The largest absolute Gasteiger partial charge is 0.379 e. The topological polar surface area (TPSA) is 34.2 Å². The van der Waals surface area contributed by atoms with Gasteiger partial charge in [0.05, 0.1) is 10.6 Å². The van der Waals surface area contributed by atoms with Gasteiger partial charge in [0.1, 0.15) is 0 Å². The van der Waals surface area contributed by atoms with Crippen molar-refractivity contribution in [2.75, 3.05) is 13.7 Å². The second kappa shape index (κ2) is 6.47. The van der Waals surface area contributed by atoms with Gasteiger partial charge in [-0.2, -0.15) is 0 Å². The van der Waals surface area contributed by atoms with Gasteiger partial charge in [0.25, 0.3) is 0 Å². The van der Waals surface area contributed by atoms with Crippen molar-refractivity contribution in [1.82, 2.24) is 10.3 Å². The van der Waals surface area contributed by atoms with Gasteiger partial charge in [-0.1, -0.05) is 6.92 Å². The van der Waals surface area contributed by atoms with Crippen molar-refractivity contribution in [2.45, 2.75) is 52.2 Å². The van der Waals surface area contributed by atoms with E-state index in [0.29, 0.717) is 6.04 Å². The van der Waals surface area contributed by atoms with Crippen molar-refractivity contribution < 1.29 is 4.74 Å². The van der Waals surface area contributed by atoms with Gasteiger partial charge < -0.3 is 10.1 Å². The molecule has 98 valence electrons. The van der Waals surface area contributed by atoms with E-state index < -0.39 is 0 Å². The molecule has 0 aromatic carbocycles. The van der Waals surface area contributed by atoms with Crippen molar-refractivity contribution in [1.29, 1.82) is 0 Å². The van der Waals surface area contributed by atoms with Crippen LogP contribution in [0.2, 0.25) is 0 Å². The van der Waals surface area contributed by atoms with Crippen LogP contribution in [0, 0.1) is 6.92 Å². The summed E-state index contributed by atoms with van der Waals surface area (Å²) in [7, 11) is 1.77. The Morgan fingerprint density at radius 2 is 2.24 bits per heavy atom. The molecule has 0 fully saturated rings. The van der Waals surface area contributed by atoms with E-state index >= 15 is 0 Å². The Hall–Kier alpha value is -0.450. The maximum atomic E-state index is 5.50. The van der Waals surface area contributed by atoms with E-state index in [2.05, 4.69) is 36.5 Å². The quantitative estimate of drug-likeness (QED) is 0.814. The lowest BCUT2D eigenvalue weighted by Crippen LogP contribution is -2.39. The average molecular weight is 256 g/mol. The van der Waals surface area contributed by atoms with Crippen LogP contribution in [0.15, 0.2) is 5.38 Å². The summed E-state index contributed by atoms with van der Waals surface area (Å²) >= 11 is 1.75. The standard InChI is InChI=1S/C13H24N2OS/c1-6-14-11(8-13(3,4)16-5)7-12-15-10(2)9-17-12/h9,11,14H,6-8H2,1-5H3. The fraction of sp³-hybridized carbons (Fsp3) is 0.769. The number of aryl methyl sites for hydroxylation is 1.